The first-order valence-electron chi connectivity index (χ1n) is 26.2. The molecule has 8 aromatic rings. The van der Waals surface area contributed by atoms with Crippen LogP contribution >= 0.6 is 0 Å². The van der Waals surface area contributed by atoms with E-state index in [9.17, 15) is 39.6 Å². The lowest BCUT2D eigenvalue weighted by Crippen LogP contribution is -3.62. The number of halogens is 4. The van der Waals surface area contributed by atoms with Crippen LogP contribution in [-0.4, -0.2) is 69.0 Å². The number of hydrogen-bond acceptors (Lipinski definition) is 9. The van der Waals surface area contributed by atoms with Crippen molar-refractivity contribution in [1.29, 1.82) is 0 Å². The minimum absolute atomic E-state index is 0. The zero-order valence-corrected chi connectivity index (χ0v) is 61.4. The van der Waals surface area contributed by atoms with Gasteiger partial charge in [-0.15, -0.1) is 0 Å². The third-order valence-electron chi connectivity index (χ3n) is 12.7. The fraction of sp³-hybridized carbons (Fsp3) is 0.246. The first-order valence-corrected chi connectivity index (χ1v) is 34.8. The Hall–Kier alpha value is -5.72. The molecule has 8 aromatic carbocycles. The van der Waals surface area contributed by atoms with E-state index in [1.807, 2.05) is 52.0 Å². The van der Waals surface area contributed by atoms with Gasteiger partial charge in [0.2, 0.25) is 14.3 Å². The number of aromatic carboxylic acids is 4. The second-order valence-electron chi connectivity index (χ2n) is 20.1. The van der Waals surface area contributed by atoms with Gasteiger partial charge in [-0.25, -0.2) is 0 Å². The van der Waals surface area contributed by atoms with Gasteiger partial charge in [0, 0.05) is 73.9 Å². The molecule has 0 heterocycles. The van der Waals surface area contributed by atoms with E-state index in [2.05, 4.69) is 132 Å². The molecule has 0 radical (unpaired) electrons. The molecule has 0 saturated heterocycles. The smallest absolute Gasteiger partial charge is 0.359 e. The Bertz CT molecular complexity index is 3100. The van der Waals surface area contributed by atoms with Gasteiger partial charge in [0.15, 0.2) is 14.3 Å². The van der Waals surface area contributed by atoms with Crippen molar-refractivity contribution in [3.05, 3.63) is 261 Å². The average Bonchev–Trinajstić information content (AvgIpc) is 3.38. The number of aryl methyl sites for hydroxylation is 16. The number of aliphatic hydroxyl groups excluding tert-OH is 1. The summed E-state index contributed by atoms with van der Waals surface area (Å²) >= 11 is -2.10. The summed E-state index contributed by atoms with van der Waals surface area (Å²) in [4.78, 5) is 45.2. The quantitative estimate of drug-likeness (QED) is 0.113. The molecule has 88 heavy (non-hydrogen) atoms. The lowest BCUT2D eigenvalue weighted by Gasteiger charge is -2.06. The highest BCUT2D eigenvalue weighted by Gasteiger charge is 2.30. The van der Waals surface area contributed by atoms with Gasteiger partial charge in [-0.1, -0.05) is 119 Å². The van der Waals surface area contributed by atoms with Crippen molar-refractivity contribution in [2.24, 2.45) is 0 Å². The van der Waals surface area contributed by atoms with E-state index in [-0.39, 0.29) is 32.9 Å². The van der Waals surface area contributed by atoms with Gasteiger partial charge in [-0.3, -0.25) is 0 Å². The molecule has 0 aliphatic carbocycles. The maximum Gasteiger partial charge on any atom is 0.359 e. The third kappa shape index (κ3) is 23.6. The van der Waals surface area contributed by atoms with Crippen molar-refractivity contribution in [3.63, 3.8) is 0 Å². The lowest BCUT2D eigenvalue weighted by molar-refractivity contribution is -0.600. The molecule has 0 aromatic heterocycles. The predicted molar refractivity (Wildman–Crippen MR) is 324 cm³/mol. The summed E-state index contributed by atoms with van der Waals surface area (Å²) in [7, 11) is 1.00. The summed E-state index contributed by atoms with van der Waals surface area (Å²) in [6, 6.07) is 38.9. The highest BCUT2D eigenvalue weighted by Crippen LogP contribution is 2.14. The van der Waals surface area contributed by atoms with Crippen LogP contribution in [-0.2, 0) is 0 Å². The largest absolute Gasteiger partial charge is 0.545 e. The summed E-state index contributed by atoms with van der Waals surface area (Å²) in [5.74, 6) is -4.31. The van der Waals surface area contributed by atoms with Crippen LogP contribution in [0.5, 0.6) is 0 Å². The highest BCUT2D eigenvalue weighted by molar-refractivity contribution is 5.87. The van der Waals surface area contributed by atoms with Crippen LogP contribution in [0.4, 0.5) is 0 Å². The second kappa shape index (κ2) is 40.1. The van der Waals surface area contributed by atoms with E-state index in [4.69, 9.17) is 5.11 Å². The molecular formula is C69H84I4O15. The molecule has 0 amide bonds. The summed E-state index contributed by atoms with van der Waals surface area (Å²) in [5, 5.41) is 52.2. The van der Waals surface area contributed by atoms with Crippen LogP contribution in [0.2, 0.25) is 0 Å². The first-order chi connectivity index (χ1) is 38.6. The number of carbonyl (C=O) groups excluding carboxylic acids is 4. The van der Waals surface area contributed by atoms with Crippen molar-refractivity contribution in [2.45, 2.75) is 111 Å². The van der Waals surface area contributed by atoms with Crippen molar-refractivity contribution in [1.82, 2.24) is 0 Å². The van der Waals surface area contributed by atoms with E-state index < -0.39 is 109 Å². The maximum absolute atomic E-state index is 11.3. The summed E-state index contributed by atoms with van der Waals surface area (Å²) in [6.07, 6.45) is 0. The Labute approximate surface area is 560 Å². The topological polar surface area (TPSA) is 370 Å². The van der Waals surface area contributed by atoms with Crippen LogP contribution < -0.4 is 105 Å². The summed E-state index contributed by atoms with van der Waals surface area (Å²) in [6.45, 7) is 33.1. The van der Waals surface area contributed by atoms with Crippen LogP contribution in [0.1, 0.15) is 130 Å². The van der Waals surface area contributed by atoms with Crippen molar-refractivity contribution < 1.29 is 162 Å². The van der Waals surface area contributed by atoms with E-state index in [0.717, 1.165) is 43.6 Å². The lowest BCUT2D eigenvalue weighted by atomic mass is 10.1. The van der Waals surface area contributed by atoms with Crippen LogP contribution in [0.25, 0.3) is 0 Å². The Morgan fingerprint density at radius 3 is 0.511 bits per heavy atom. The van der Waals surface area contributed by atoms with Gasteiger partial charge in [-0.2, -0.15) is 0 Å². The van der Waals surface area contributed by atoms with Crippen LogP contribution in [0.15, 0.2) is 121 Å². The minimum Gasteiger partial charge on any atom is -0.545 e. The van der Waals surface area contributed by atoms with Crippen molar-refractivity contribution >= 4 is 23.9 Å². The molecule has 0 aliphatic heterocycles. The van der Waals surface area contributed by atoms with Gasteiger partial charge in [-0.05, 0) is 135 Å². The molecule has 0 unspecified atom stereocenters. The molecule has 0 fully saturated rings. The zero-order chi connectivity index (χ0) is 61.4. The molecule has 0 spiro atoms. The van der Waals surface area contributed by atoms with Gasteiger partial charge in [0.05, 0.1) is 46.1 Å². The normalized spacial score (nSPS) is 9.70. The fourth-order valence-corrected chi connectivity index (χ4v) is 21.3. The third-order valence-corrected chi connectivity index (χ3v) is 29.6. The Morgan fingerprint density at radius 2 is 0.386 bits per heavy atom. The molecule has 0 saturated carbocycles. The van der Waals surface area contributed by atoms with Crippen LogP contribution in [0.3, 0.4) is 0 Å². The number of rotatable bonds is 12. The summed E-state index contributed by atoms with van der Waals surface area (Å²) in [5.41, 5.74) is 20.6. The van der Waals surface area contributed by atoms with E-state index >= 15 is 0 Å². The number of benzene rings is 8. The Kier molecular flexibility index (Phi) is 39.4. The van der Waals surface area contributed by atoms with E-state index in [1.54, 1.807) is 48.5 Å². The van der Waals surface area contributed by atoms with E-state index in [0.29, 0.717) is 22.3 Å². The number of carbonyl (C=O) groups is 4. The number of aliphatic hydroxyl groups is 1. The van der Waals surface area contributed by atoms with E-state index in [1.165, 1.54) is 81.0 Å². The number of carboxylic acid groups (broad SMARTS) is 4. The first kappa shape index (κ1) is 86.5. The average molecular weight is 1660 g/mol. The molecule has 0 bridgehead atoms. The molecule has 8 rings (SSSR count). The molecule has 0 aliphatic rings. The SMILES string of the molecule is CO.Cc1cc(C)c([I+]c2c(C)cccc2C(=O)[O-])c(C)c1.Cc1cc(C)c([I+]c2c(C)cccc2C(=O)[O-])c(C)c1.Cc1cc(C)c([I+]c2c(C)cccc2C(=O)[O-])c(C)c1.Cc1cc(C)c([I+]c2c(C)cccc2C(=O)[O-])c(C)c1.O.O.O.O.O.O. The van der Waals surface area contributed by atoms with Crippen molar-refractivity contribution in [3.8, 4) is 0 Å². The predicted octanol–water partition coefficient (Wildman–Crippen LogP) is -7.69. The van der Waals surface area contributed by atoms with Gasteiger partial charge in [0.1, 0.15) is 0 Å². The zero-order valence-electron chi connectivity index (χ0n) is 52.8. The molecular weight excluding hydrogens is 1580 g/mol. The highest BCUT2D eigenvalue weighted by atomic mass is 127. The Morgan fingerprint density at radius 1 is 0.250 bits per heavy atom. The van der Waals surface area contributed by atoms with Gasteiger partial charge >= 0.3 is 84.8 Å². The molecule has 13 N–H and O–H groups in total. The molecule has 478 valence electrons. The van der Waals surface area contributed by atoms with Gasteiger partial charge < -0.3 is 77.6 Å². The fourth-order valence-electron chi connectivity index (χ4n) is 9.35. The van der Waals surface area contributed by atoms with Crippen molar-refractivity contribution in [2.75, 3.05) is 7.11 Å². The maximum atomic E-state index is 11.3. The second-order valence-corrected chi connectivity index (χ2v) is 30.9. The molecule has 19 heteroatoms. The van der Waals surface area contributed by atoms with Gasteiger partial charge in [0.25, 0.3) is 0 Å². The number of hydrogen-bond donors (Lipinski definition) is 1. The molecule has 0 atom stereocenters. The number of carboxylic acids is 4. The monoisotopic (exact) mass is 1660 g/mol. The standard InChI is InChI=1S/4C17H17IO2.CH4O.6H2O/c4*1-10-8-12(3)15(13(4)9-10)18-16-11(2)6-5-7-14(16)17(19)20;1-2;;;;;;/h4*5-9H,1-4H3;2H,1H3;6*1H2. The molecule has 15 nitrogen and oxygen atoms in total. The summed E-state index contributed by atoms with van der Waals surface area (Å²) < 4.78 is 9.08. The van der Waals surface area contributed by atoms with Crippen LogP contribution in [0, 0.1) is 139 Å². The minimum atomic E-state index is -1.08. The Balaban J connectivity index is -0.00000106.